The Morgan fingerprint density at radius 1 is 1.07 bits per heavy atom. The lowest BCUT2D eigenvalue weighted by atomic mass is 10.1. The van der Waals surface area contributed by atoms with E-state index in [0.29, 0.717) is 19.0 Å². The van der Waals surface area contributed by atoms with E-state index in [4.69, 9.17) is 24.7 Å². The zero-order valence-corrected chi connectivity index (χ0v) is 10.3. The van der Waals surface area contributed by atoms with Gasteiger partial charge in [0, 0.05) is 27.4 Å². The van der Waals surface area contributed by atoms with Gasteiger partial charge < -0.3 is 24.7 Å². The van der Waals surface area contributed by atoms with Crippen LogP contribution in [-0.4, -0.2) is 43.2 Å². The zero-order valence-electron chi connectivity index (χ0n) is 9.29. The maximum atomic E-state index is 5.63. The first-order valence-corrected chi connectivity index (χ1v) is 6.66. The van der Waals surface area contributed by atoms with Gasteiger partial charge in [0.1, 0.15) is 0 Å². The van der Waals surface area contributed by atoms with E-state index in [0.717, 1.165) is 12.5 Å². The normalized spacial score (nSPS) is 14.4. The third kappa shape index (κ3) is 4.03. The van der Waals surface area contributed by atoms with Crippen LogP contribution in [0.5, 0.6) is 0 Å². The van der Waals surface area contributed by atoms with Crippen molar-refractivity contribution in [2.75, 3.05) is 34.4 Å². The van der Waals surface area contributed by atoms with Gasteiger partial charge in [0.15, 0.2) is 0 Å². The molecule has 0 radical (unpaired) electrons. The minimum Gasteiger partial charge on any atom is -0.377 e. The second kappa shape index (κ2) is 7.33. The fraction of sp³-hybridized carbons (Fsp3) is 1.00. The van der Waals surface area contributed by atoms with Gasteiger partial charge in [-0.3, -0.25) is 0 Å². The minimum absolute atomic E-state index is 0.312. The largest absolute Gasteiger partial charge is 0.500 e. The molecule has 4 N–H and O–H groups in total. The van der Waals surface area contributed by atoms with Gasteiger partial charge in [0.25, 0.3) is 0 Å². The van der Waals surface area contributed by atoms with Gasteiger partial charge in [-0.15, -0.1) is 0 Å². The minimum atomic E-state index is -2.47. The molecule has 0 amide bonds. The van der Waals surface area contributed by atoms with Crippen LogP contribution in [0.4, 0.5) is 0 Å². The Labute approximate surface area is 87.1 Å². The Bertz CT molecular complexity index is 136. The number of nitrogens with two attached hydrogens (primary N) is 2. The first kappa shape index (κ1) is 14.0. The molecule has 0 aromatic rings. The molecule has 0 bridgehead atoms. The molecular weight excluding hydrogens is 200 g/mol. The lowest BCUT2D eigenvalue weighted by Crippen LogP contribution is -2.45. The van der Waals surface area contributed by atoms with Crippen LogP contribution in [0, 0.1) is 5.92 Å². The molecule has 0 fully saturated rings. The van der Waals surface area contributed by atoms with Gasteiger partial charge in [0.2, 0.25) is 0 Å². The van der Waals surface area contributed by atoms with Crippen LogP contribution in [0.25, 0.3) is 0 Å². The molecule has 0 aliphatic heterocycles. The van der Waals surface area contributed by atoms with Crippen molar-refractivity contribution in [3.63, 3.8) is 0 Å². The smallest absolute Gasteiger partial charge is 0.377 e. The summed E-state index contributed by atoms with van der Waals surface area (Å²) in [6.07, 6.45) is 0.876. The average Bonchev–Trinajstić information content (AvgIpc) is 2.25. The average molecular weight is 222 g/mol. The first-order valence-electron chi connectivity index (χ1n) is 4.73. The summed E-state index contributed by atoms with van der Waals surface area (Å²) in [6.45, 7) is 1.21. The van der Waals surface area contributed by atoms with Gasteiger partial charge in [-0.1, -0.05) is 0 Å². The number of hydrogen-bond donors (Lipinski definition) is 2. The fourth-order valence-electron chi connectivity index (χ4n) is 1.39. The van der Waals surface area contributed by atoms with Crippen LogP contribution in [0.3, 0.4) is 0 Å². The SMILES string of the molecule is CO[Si](CC(CN)CCN)(OC)OC. The number of hydrogen-bond acceptors (Lipinski definition) is 5. The summed E-state index contributed by atoms with van der Waals surface area (Å²) in [7, 11) is 2.34. The van der Waals surface area contributed by atoms with Gasteiger partial charge in [-0.25, -0.2) is 0 Å². The highest BCUT2D eigenvalue weighted by Gasteiger charge is 2.39. The maximum absolute atomic E-state index is 5.63. The van der Waals surface area contributed by atoms with E-state index >= 15 is 0 Å². The summed E-state index contributed by atoms with van der Waals surface area (Å²) in [5.74, 6) is 0.312. The topological polar surface area (TPSA) is 79.7 Å². The van der Waals surface area contributed by atoms with Gasteiger partial charge in [-0.2, -0.15) is 0 Å². The third-order valence-corrected chi connectivity index (χ3v) is 5.32. The molecule has 0 heterocycles. The number of rotatable bonds is 8. The highest BCUT2D eigenvalue weighted by Crippen LogP contribution is 2.20. The van der Waals surface area contributed by atoms with Crippen molar-refractivity contribution in [3.05, 3.63) is 0 Å². The summed E-state index contributed by atoms with van der Waals surface area (Å²) in [5.41, 5.74) is 11.1. The molecule has 0 saturated heterocycles. The molecule has 0 aliphatic rings. The zero-order chi connectivity index (χ0) is 11.0. The Morgan fingerprint density at radius 3 is 1.86 bits per heavy atom. The van der Waals surface area contributed by atoms with E-state index in [9.17, 15) is 0 Å². The van der Waals surface area contributed by atoms with Crippen molar-refractivity contribution in [2.24, 2.45) is 17.4 Å². The van der Waals surface area contributed by atoms with Crippen molar-refractivity contribution in [1.82, 2.24) is 0 Å². The fourth-order valence-corrected chi connectivity index (χ4v) is 3.47. The molecule has 1 unspecified atom stereocenters. The van der Waals surface area contributed by atoms with E-state index in [2.05, 4.69) is 0 Å². The van der Waals surface area contributed by atoms with Crippen LogP contribution >= 0.6 is 0 Å². The van der Waals surface area contributed by atoms with Gasteiger partial charge in [0.05, 0.1) is 0 Å². The second-order valence-electron chi connectivity index (χ2n) is 3.18. The molecule has 0 saturated carbocycles. The molecule has 6 heteroatoms. The molecule has 5 nitrogen and oxygen atoms in total. The predicted octanol–water partition coefficient (Wildman–Crippen LogP) is -0.212. The summed E-state index contributed by atoms with van der Waals surface area (Å²) in [6, 6.07) is 0.726. The summed E-state index contributed by atoms with van der Waals surface area (Å²) >= 11 is 0. The quantitative estimate of drug-likeness (QED) is 0.555. The summed E-state index contributed by atoms with van der Waals surface area (Å²) in [4.78, 5) is 0. The molecule has 0 aliphatic carbocycles. The van der Waals surface area contributed by atoms with Crippen LogP contribution in [0.1, 0.15) is 6.42 Å². The van der Waals surface area contributed by atoms with Gasteiger partial charge >= 0.3 is 8.80 Å². The highest BCUT2D eigenvalue weighted by atomic mass is 28.4. The van der Waals surface area contributed by atoms with Crippen molar-refractivity contribution >= 4 is 8.80 Å². The summed E-state index contributed by atoms with van der Waals surface area (Å²) < 4.78 is 15.9. The Kier molecular flexibility index (Phi) is 7.34. The van der Waals surface area contributed by atoms with E-state index in [1.807, 2.05) is 0 Å². The third-order valence-electron chi connectivity index (χ3n) is 2.38. The maximum Gasteiger partial charge on any atom is 0.500 e. The second-order valence-corrected chi connectivity index (χ2v) is 6.18. The first-order chi connectivity index (χ1) is 6.67. The molecule has 0 spiro atoms. The van der Waals surface area contributed by atoms with Crippen molar-refractivity contribution in [3.8, 4) is 0 Å². The van der Waals surface area contributed by atoms with E-state index < -0.39 is 8.80 Å². The van der Waals surface area contributed by atoms with Crippen molar-refractivity contribution in [2.45, 2.75) is 12.5 Å². The predicted molar refractivity (Wildman–Crippen MR) is 57.8 cm³/mol. The van der Waals surface area contributed by atoms with Crippen LogP contribution in [-0.2, 0) is 13.3 Å². The lowest BCUT2D eigenvalue weighted by molar-refractivity contribution is 0.118. The molecule has 14 heavy (non-hydrogen) atoms. The Morgan fingerprint density at radius 2 is 1.57 bits per heavy atom. The van der Waals surface area contributed by atoms with E-state index in [1.165, 1.54) is 0 Å². The molecule has 0 rings (SSSR count). The molecule has 86 valence electrons. The van der Waals surface area contributed by atoms with Crippen molar-refractivity contribution < 1.29 is 13.3 Å². The Hall–Kier alpha value is 0.0169. The van der Waals surface area contributed by atoms with Crippen LogP contribution < -0.4 is 11.5 Å². The summed E-state index contributed by atoms with van der Waals surface area (Å²) in [5, 5.41) is 0. The van der Waals surface area contributed by atoms with Crippen molar-refractivity contribution in [1.29, 1.82) is 0 Å². The molecular formula is C8H22N2O3Si. The molecule has 0 aromatic heterocycles. The molecule has 0 aromatic carbocycles. The Balaban J connectivity index is 4.24. The van der Waals surface area contributed by atoms with E-state index in [1.54, 1.807) is 21.3 Å². The van der Waals surface area contributed by atoms with E-state index in [-0.39, 0.29) is 0 Å². The monoisotopic (exact) mass is 222 g/mol. The van der Waals surface area contributed by atoms with Crippen LogP contribution in [0.2, 0.25) is 6.04 Å². The highest BCUT2D eigenvalue weighted by molar-refractivity contribution is 6.60. The molecule has 1 atom stereocenters. The lowest BCUT2D eigenvalue weighted by Gasteiger charge is -2.27. The van der Waals surface area contributed by atoms with Gasteiger partial charge in [-0.05, 0) is 25.4 Å². The van der Waals surface area contributed by atoms with Crippen LogP contribution in [0.15, 0.2) is 0 Å². The standard InChI is InChI=1S/C8H22N2O3Si/c1-11-14(12-2,13-3)7-8(6-10)4-5-9/h8H,4-7,9-10H2,1-3H3.